The molecule has 1 aromatic carbocycles. The number of aryl methyl sites for hydroxylation is 1. The number of nitrogens with zero attached hydrogens (tertiary/aromatic N) is 1. The van der Waals surface area contributed by atoms with Crippen molar-refractivity contribution < 1.29 is 0 Å². The van der Waals surface area contributed by atoms with E-state index >= 15 is 0 Å². The minimum Gasteiger partial charge on any atom is -0.371 e. The third-order valence-electron chi connectivity index (χ3n) is 4.62. The summed E-state index contributed by atoms with van der Waals surface area (Å²) >= 11 is 0. The van der Waals surface area contributed by atoms with Crippen molar-refractivity contribution in [3.8, 4) is 0 Å². The summed E-state index contributed by atoms with van der Waals surface area (Å²) in [7, 11) is 0. The molecule has 0 bridgehead atoms. The minimum absolute atomic E-state index is 0.516. The predicted molar refractivity (Wildman–Crippen MR) is 77.3 cm³/mol. The van der Waals surface area contributed by atoms with E-state index in [0.29, 0.717) is 11.8 Å². The molecule has 1 aromatic rings. The first-order valence-corrected chi connectivity index (χ1v) is 7.31. The van der Waals surface area contributed by atoms with Crippen molar-refractivity contribution in [3.63, 3.8) is 0 Å². The van der Waals surface area contributed by atoms with E-state index in [9.17, 15) is 0 Å². The van der Waals surface area contributed by atoms with E-state index in [1.54, 1.807) is 16.8 Å². The van der Waals surface area contributed by atoms with Crippen LogP contribution in [0, 0.1) is 5.92 Å². The van der Waals surface area contributed by atoms with Gasteiger partial charge in [0.05, 0.1) is 0 Å². The molecule has 0 spiro atoms. The maximum absolute atomic E-state index is 5.97. The third-order valence-corrected chi connectivity index (χ3v) is 4.62. The summed E-state index contributed by atoms with van der Waals surface area (Å²) in [6.45, 7) is 7.80. The van der Waals surface area contributed by atoms with Crippen LogP contribution < -0.4 is 10.6 Å². The van der Waals surface area contributed by atoms with Crippen molar-refractivity contribution in [1.29, 1.82) is 0 Å². The number of anilines is 1. The molecule has 1 unspecified atom stereocenters. The van der Waals surface area contributed by atoms with E-state index in [2.05, 4.69) is 30.9 Å². The molecule has 2 heteroatoms. The lowest BCUT2D eigenvalue weighted by molar-refractivity contribution is 0.505. The summed E-state index contributed by atoms with van der Waals surface area (Å²) in [5.41, 5.74) is 12.2. The molecule has 0 amide bonds. The summed E-state index contributed by atoms with van der Waals surface area (Å²) in [5.74, 6) is 1.14. The second kappa shape index (κ2) is 4.58. The van der Waals surface area contributed by atoms with E-state index in [-0.39, 0.29) is 0 Å². The fraction of sp³-hybridized carbons (Fsp3) is 0.625. The largest absolute Gasteiger partial charge is 0.371 e. The molecule has 3 rings (SSSR count). The Bertz CT molecular complexity index is 451. The fourth-order valence-electron chi connectivity index (χ4n) is 3.63. The SMILES string of the molecule is CC(C)C(CN)c1cc2c3c(c1)CCN3CCC2. The summed E-state index contributed by atoms with van der Waals surface area (Å²) in [4.78, 5) is 2.57. The number of hydrogen-bond donors (Lipinski definition) is 1. The number of nitrogens with two attached hydrogens (primary N) is 1. The van der Waals surface area contributed by atoms with E-state index in [4.69, 9.17) is 5.73 Å². The average molecular weight is 244 g/mol. The summed E-state index contributed by atoms with van der Waals surface area (Å²) < 4.78 is 0. The van der Waals surface area contributed by atoms with Gasteiger partial charge in [-0.25, -0.2) is 0 Å². The first kappa shape index (κ1) is 12.0. The van der Waals surface area contributed by atoms with Gasteiger partial charge in [0.25, 0.3) is 0 Å². The Hall–Kier alpha value is -1.02. The lowest BCUT2D eigenvalue weighted by Crippen LogP contribution is -2.26. The Kier molecular flexibility index (Phi) is 3.06. The van der Waals surface area contributed by atoms with Gasteiger partial charge in [0.1, 0.15) is 0 Å². The monoisotopic (exact) mass is 244 g/mol. The molecule has 2 nitrogen and oxygen atoms in total. The molecule has 0 saturated carbocycles. The van der Waals surface area contributed by atoms with Gasteiger partial charge in [-0.2, -0.15) is 0 Å². The summed E-state index contributed by atoms with van der Waals surface area (Å²) in [5, 5.41) is 0. The summed E-state index contributed by atoms with van der Waals surface area (Å²) in [6, 6.07) is 4.87. The van der Waals surface area contributed by atoms with Gasteiger partial charge in [-0.15, -0.1) is 0 Å². The molecular weight excluding hydrogens is 220 g/mol. The van der Waals surface area contributed by atoms with Gasteiger partial charge in [-0.3, -0.25) is 0 Å². The van der Waals surface area contributed by atoms with Crippen LogP contribution in [0.4, 0.5) is 5.69 Å². The molecule has 18 heavy (non-hydrogen) atoms. The first-order valence-electron chi connectivity index (χ1n) is 7.31. The van der Waals surface area contributed by atoms with Gasteiger partial charge >= 0.3 is 0 Å². The zero-order valence-electron chi connectivity index (χ0n) is 11.6. The first-order chi connectivity index (χ1) is 8.70. The van der Waals surface area contributed by atoms with E-state index in [1.807, 2.05) is 0 Å². The van der Waals surface area contributed by atoms with E-state index in [1.165, 1.54) is 37.9 Å². The molecule has 0 aliphatic carbocycles. The van der Waals surface area contributed by atoms with Crippen molar-refractivity contribution in [2.45, 2.75) is 39.0 Å². The van der Waals surface area contributed by atoms with Crippen LogP contribution in [-0.4, -0.2) is 19.6 Å². The van der Waals surface area contributed by atoms with Crippen LogP contribution in [-0.2, 0) is 12.8 Å². The smallest absolute Gasteiger partial charge is 0.0432 e. The maximum Gasteiger partial charge on any atom is 0.0432 e. The molecular formula is C16H24N2. The highest BCUT2D eigenvalue weighted by Gasteiger charge is 2.27. The molecule has 0 radical (unpaired) electrons. The van der Waals surface area contributed by atoms with Crippen LogP contribution in [0.15, 0.2) is 12.1 Å². The quantitative estimate of drug-likeness (QED) is 0.886. The summed E-state index contributed by atoms with van der Waals surface area (Å²) in [6.07, 6.45) is 3.79. The molecule has 2 heterocycles. The zero-order chi connectivity index (χ0) is 12.7. The van der Waals surface area contributed by atoms with E-state index in [0.717, 1.165) is 6.54 Å². The normalized spacial score (nSPS) is 19.2. The second-order valence-electron chi connectivity index (χ2n) is 6.11. The minimum atomic E-state index is 0.516. The van der Waals surface area contributed by atoms with Gasteiger partial charge in [0, 0.05) is 18.8 Å². The molecule has 0 saturated heterocycles. The van der Waals surface area contributed by atoms with Crippen LogP contribution in [0.3, 0.4) is 0 Å². The highest BCUT2D eigenvalue weighted by atomic mass is 15.2. The molecule has 98 valence electrons. The predicted octanol–water partition coefficient (Wildman–Crippen LogP) is 2.69. The lowest BCUT2D eigenvalue weighted by Gasteiger charge is -2.29. The van der Waals surface area contributed by atoms with Crippen molar-refractivity contribution in [2.24, 2.45) is 11.7 Å². The Labute approximate surface area is 110 Å². The van der Waals surface area contributed by atoms with Crippen LogP contribution in [0.1, 0.15) is 42.9 Å². The van der Waals surface area contributed by atoms with E-state index < -0.39 is 0 Å². The van der Waals surface area contributed by atoms with Crippen molar-refractivity contribution in [2.75, 3.05) is 24.5 Å². The van der Waals surface area contributed by atoms with Crippen LogP contribution in [0.5, 0.6) is 0 Å². The zero-order valence-corrected chi connectivity index (χ0v) is 11.6. The molecule has 0 fully saturated rings. The van der Waals surface area contributed by atoms with Gasteiger partial charge in [-0.05, 0) is 54.3 Å². The van der Waals surface area contributed by atoms with Crippen molar-refractivity contribution >= 4 is 5.69 Å². The average Bonchev–Trinajstić information content (AvgIpc) is 2.75. The number of benzene rings is 1. The van der Waals surface area contributed by atoms with Crippen LogP contribution >= 0.6 is 0 Å². The van der Waals surface area contributed by atoms with Gasteiger partial charge in [0.15, 0.2) is 0 Å². The molecule has 2 aliphatic heterocycles. The van der Waals surface area contributed by atoms with Crippen molar-refractivity contribution in [1.82, 2.24) is 0 Å². The topological polar surface area (TPSA) is 29.3 Å². The molecule has 2 aliphatic rings. The fourth-order valence-corrected chi connectivity index (χ4v) is 3.63. The maximum atomic E-state index is 5.97. The van der Waals surface area contributed by atoms with Crippen LogP contribution in [0.25, 0.3) is 0 Å². The molecule has 2 N–H and O–H groups in total. The Morgan fingerprint density at radius 2 is 1.89 bits per heavy atom. The van der Waals surface area contributed by atoms with Gasteiger partial charge in [0.2, 0.25) is 0 Å². The Morgan fingerprint density at radius 1 is 1.17 bits per heavy atom. The molecule has 0 aromatic heterocycles. The number of hydrogen-bond acceptors (Lipinski definition) is 2. The highest BCUT2D eigenvalue weighted by molar-refractivity contribution is 5.66. The Morgan fingerprint density at radius 3 is 2.56 bits per heavy atom. The standard InChI is InChI=1S/C16H24N2/c1-11(2)15(10-17)14-8-12-4-3-6-18-7-5-13(9-14)16(12)18/h8-9,11,15H,3-7,10,17H2,1-2H3. The second-order valence-corrected chi connectivity index (χ2v) is 6.11. The molecule has 1 atom stereocenters. The Balaban J connectivity index is 2.04. The van der Waals surface area contributed by atoms with Gasteiger partial charge in [-0.1, -0.05) is 26.0 Å². The number of rotatable bonds is 3. The van der Waals surface area contributed by atoms with Gasteiger partial charge < -0.3 is 10.6 Å². The third kappa shape index (κ3) is 1.83. The lowest BCUT2D eigenvalue weighted by atomic mass is 9.85. The van der Waals surface area contributed by atoms with Crippen LogP contribution in [0.2, 0.25) is 0 Å². The van der Waals surface area contributed by atoms with Crippen molar-refractivity contribution in [3.05, 3.63) is 28.8 Å². The highest BCUT2D eigenvalue weighted by Crippen LogP contribution is 2.39.